The predicted molar refractivity (Wildman–Crippen MR) is 81.9 cm³/mol. The first-order chi connectivity index (χ1) is 9.58. The quantitative estimate of drug-likeness (QED) is 0.877. The number of aromatic nitrogens is 3. The second-order valence-electron chi connectivity index (χ2n) is 4.79. The van der Waals surface area contributed by atoms with Crippen molar-refractivity contribution < 1.29 is 4.74 Å². The molecule has 2 heterocycles. The summed E-state index contributed by atoms with van der Waals surface area (Å²) in [6.45, 7) is 7.78. The molecule has 0 aliphatic heterocycles. The molecule has 0 saturated heterocycles. The van der Waals surface area contributed by atoms with Crippen molar-refractivity contribution in [1.82, 2.24) is 20.1 Å². The Hall–Kier alpha value is -1.40. The van der Waals surface area contributed by atoms with E-state index in [1.54, 1.807) is 12.4 Å². The first kappa shape index (κ1) is 15.0. The van der Waals surface area contributed by atoms with Gasteiger partial charge in [-0.15, -0.1) is 0 Å². The van der Waals surface area contributed by atoms with Gasteiger partial charge in [0.25, 0.3) is 0 Å². The fraction of sp³-hybridized carbons (Fsp3) is 0.429. The molecule has 5 nitrogen and oxygen atoms in total. The Labute approximate surface area is 127 Å². The highest BCUT2D eigenvalue weighted by Crippen LogP contribution is 2.25. The number of halogens is 1. The van der Waals surface area contributed by atoms with Crippen molar-refractivity contribution >= 4 is 15.9 Å². The van der Waals surface area contributed by atoms with Gasteiger partial charge in [-0.3, -0.25) is 4.68 Å². The summed E-state index contributed by atoms with van der Waals surface area (Å²) < 4.78 is 8.58. The molecule has 2 aromatic rings. The zero-order chi connectivity index (χ0) is 14.5. The summed E-state index contributed by atoms with van der Waals surface area (Å²) in [5, 5.41) is 7.56. The summed E-state index contributed by atoms with van der Waals surface area (Å²) >= 11 is 3.44. The molecular weight excluding hydrogens is 320 g/mol. The van der Waals surface area contributed by atoms with Gasteiger partial charge >= 0.3 is 0 Å². The zero-order valence-corrected chi connectivity index (χ0v) is 13.5. The van der Waals surface area contributed by atoms with Gasteiger partial charge in [0.05, 0.1) is 12.4 Å². The van der Waals surface area contributed by atoms with Crippen LogP contribution in [0.3, 0.4) is 0 Å². The molecule has 0 atom stereocenters. The van der Waals surface area contributed by atoms with E-state index in [-0.39, 0.29) is 0 Å². The van der Waals surface area contributed by atoms with E-state index in [0.29, 0.717) is 24.2 Å². The largest absolute Gasteiger partial charge is 0.435 e. The van der Waals surface area contributed by atoms with E-state index in [1.807, 2.05) is 23.9 Å². The number of rotatable bonds is 6. The SMILES string of the molecule is CCn1cc(Oc2ncc(Br)cc2CNC(C)C)cn1. The number of nitrogens with one attached hydrogen (secondary N) is 1. The summed E-state index contributed by atoms with van der Waals surface area (Å²) in [7, 11) is 0. The van der Waals surface area contributed by atoms with Gasteiger partial charge in [-0.25, -0.2) is 4.98 Å². The lowest BCUT2D eigenvalue weighted by Gasteiger charge is -2.12. The summed E-state index contributed by atoms with van der Waals surface area (Å²) in [6, 6.07) is 2.42. The van der Waals surface area contributed by atoms with Gasteiger partial charge in [0, 0.05) is 35.4 Å². The Kier molecular flexibility index (Phi) is 5.14. The summed E-state index contributed by atoms with van der Waals surface area (Å²) in [5.74, 6) is 1.31. The third-order valence-electron chi connectivity index (χ3n) is 2.74. The molecule has 0 unspecified atom stereocenters. The topological polar surface area (TPSA) is 52.0 Å². The van der Waals surface area contributed by atoms with Gasteiger partial charge in [-0.2, -0.15) is 5.10 Å². The lowest BCUT2D eigenvalue weighted by atomic mass is 10.2. The maximum absolute atomic E-state index is 5.82. The van der Waals surface area contributed by atoms with Crippen LogP contribution >= 0.6 is 15.9 Å². The summed E-state index contributed by atoms with van der Waals surface area (Å²) in [6.07, 6.45) is 5.30. The van der Waals surface area contributed by atoms with Crippen molar-refractivity contribution in [3.05, 3.63) is 34.7 Å². The second-order valence-corrected chi connectivity index (χ2v) is 5.70. The van der Waals surface area contributed by atoms with E-state index in [2.05, 4.69) is 45.2 Å². The van der Waals surface area contributed by atoms with Crippen LogP contribution in [0.1, 0.15) is 26.3 Å². The molecule has 0 aromatic carbocycles. The third kappa shape index (κ3) is 4.05. The Morgan fingerprint density at radius 2 is 2.20 bits per heavy atom. The molecule has 0 aliphatic carbocycles. The molecule has 0 amide bonds. The molecule has 0 radical (unpaired) electrons. The normalized spacial score (nSPS) is 11.1. The minimum atomic E-state index is 0.407. The van der Waals surface area contributed by atoms with Crippen molar-refractivity contribution in [3.63, 3.8) is 0 Å². The van der Waals surface area contributed by atoms with Crippen LogP contribution in [0.2, 0.25) is 0 Å². The van der Waals surface area contributed by atoms with Gasteiger partial charge in [0.2, 0.25) is 5.88 Å². The fourth-order valence-electron chi connectivity index (χ4n) is 1.68. The van der Waals surface area contributed by atoms with Crippen LogP contribution in [0.15, 0.2) is 29.1 Å². The Morgan fingerprint density at radius 3 is 2.85 bits per heavy atom. The molecule has 0 bridgehead atoms. The van der Waals surface area contributed by atoms with Crippen molar-refractivity contribution in [2.45, 2.75) is 39.9 Å². The summed E-state index contributed by atoms with van der Waals surface area (Å²) in [4.78, 5) is 4.34. The van der Waals surface area contributed by atoms with Crippen LogP contribution in [0, 0.1) is 0 Å². The van der Waals surface area contributed by atoms with E-state index < -0.39 is 0 Å². The van der Waals surface area contributed by atoms with Crippen molar-refractivity contribution in [3.8, 4) is 11.6 Å². The van der Waals surface area contributed by atoms with E-state index in [4.69, 9.17) is 4.74 Å². The predicted octanol–water partition coefficient (Wildman–Crippen LogP) is 3.35. The number of ether oxygens (including phenoxy) is 1. The minimum absolute atomic E-state index is 0.407. The number of pyridine rings is 1. The molecule has 20 heavy (non-hydrogen) atoms. The standard InChI is InChI=1S/C14H19BrN4O/c1-4-19-9-13(8-18-19)20-14-11(6-16-10(2)3)5-12(15)7-17-14/h5,7-10,16H,4,6H2,1-3H3. The first-order valence-corrected chi connectivity index (χ1v) is 7.46. The number of nitrogens with zero attached hydrogens (tertiary/aromatic N) is 3. The zero-order valence-electron chi connectivity index (χ0n) is 11.9. The second kappa shape index (κ2) is 6.85. The average molecular weight is 339 g/mol. The van der Waals surface area contributed by atoms with Crippen LogP contribution in [0.5, 0.6) is 11.6 Å². The Morgan fingerprint density at radius 1 is 1.40 bits per heavy atom. The highest BCUT2D eigenvalue weighted by Gasteiger charge is 2.09. The monoisotopic (exact) mass is 338 g/mol. The molecule has 6 heteroatoms. The minimum Gasteiger partial charge on any atom is -0.435 e. The fourth-order valence-corrected chi connectivity index (χ4v) is 2.06. The van der Waals surface area contributed by atoms with E-state index >= 15 is 0 Å². The average Bonchev–Trinajstić information content (AvgIpc) is 2.86. The lowest BCUT2D eigenvalue weighted by Crippen LogP contribution is -2.22. The molecule has 108 valence electrons. The van der Waals surface area contributed by atoms with Gasteiger partial charge in [0.15, 0.2) is 5.75 Å². The molecule has 2 rings (SSSR count). The van der Waals surface area contributed by atoms with Crippen molar-refractivity contribution in [1.29, 1.82) is 0 Å². The van der Waals surface area contributed by atoms with Crippen LogP contribution in [0.25, 0.3) is 0 Å². The molecular formula is C14H19BrN4O. The highest BCUT2D eigenvalue weighted by atomic mass is 79.9. The molecule has 0 fully saturated rings. The summed E-state index contributed by atoms with van der Waals surface area (Å²) in [5.41, 5.74) is 1.01. The molecule has 2 aromatic heterocycles. The molecule has 0 spiro atoms. The number of aryl methyl sites for hydroxylation is 1. The maximum Gasteiger partial charge on any atom is 0.223 e. The number of hydrogen-bond acceptors (Lipinski definition) is 4. The Bertz CT molecular complexity index is 568. The van der Waals surface area contributed by atoms with Gasteiger partial charge in [-0.1, -0.05) is 13.8 Å². The van der Waals surface area contributed by atoms with Crippen LogP contribution in [-0.2, 0) is 13.1 Å². The van der Waals surface area contributed by atoms with Crippen molar-refractivity contribution in [2.24, 2.45) is 0 Å². The lowest BCUT2D eigenvalue weighted by molar-refractivity contribution is 0.449. The third-order valence-corrected chi connectivity index (χ3v) is 3.17. The van der Waals surface area contributed by atoms with Crippen LogP contribution in [0.4, 0.5) is 0 Å². The Balaban J connectivity index is 2.17. The van der Waals surface area contributed by atoms with E-state index in [0.717, 1.165) is 16.6 Å². The van der Waals surface area contributed by atoms with Gasteiger partial charge in [0.1, 0.15) is 0 Å². The van der Waals surface area contributed by atoms with Crippen LogP contribution in [-0.4, -0.2) is 20.8 Å². The van der Waals surface area contributed by atoms with Crippen LogP contribution < -0.4 is 10.1 Å². The molecule has 0 aliphatic rings. The van der Waals surface area contributed by atoms with Gasteiger partial charge in [-0.05, 0) is 28.9 Å². The molecule has 1 N–H and O–H groups in total. The smallest absolute Gasteiger partial charge is 0.223 e. The molecule has 0 saturated carbocycles. The highest BCUT2D eigenvalue weighted by molar-refractivity contribution is 9.10. The number of hydrogen-bond donors (Lipinski definition) is 1. The first-order valence-electron chi connectivity index (χ1n) is 6.66. The maximum atomic E-state index is 5.82. The van der Waals surface area contributed by atoms with Gasteiger partial charge < -0.3 is 10.1 Å². The van der Waals surface area contributed by atoms with E-state index in [1.165, 1.54) is 0 Å². The van der Waals surface area contributed by atoms with E-state index in [9.17, 15) is 0 Å². The van der Waals surface area contributed by atoms with Crippen molar-refractivity contribution in [2.75, 3.05) is 0 Å².